The molecule has 0 radical (unpaired) electrons. The van der Waals surface area contributed by atoms with E-state index >= 15 is 0 Å². The van der Waals surface area contributed by atoms with Crippen LogP contribution in [0.25, 0.3) is 0 Å². The Morgan fingerprint density at radius 1 is 0.971 bits per heavy atom. The predicted octanol–water partition coefficient (Wildman–Crippen LogP) is 6.96. The van der Waals surface area contributed by atoms with Gasteiger partial charge in [-0.25, -0.2) is 9.80 Å². The molecule has 0 unspecified atom stereocenters. The van der Waals surface area contributed by atoms with Crippen LogP contribution in [0, 0.1) is 0 Å². The van der Waals surface area contributed by atoms with E-state index in [1.165, 1.54) is 11.0 Å². The minimum atomic E-state index is -0.621. The molecule has 2 amide bonds. The SMILES string of the molecule is O=C(NN1CCCCCC1)Oc1csc(N(C(=O)c2ccc(Cl)cc2Cl)c2ccc(Cl)cc2)n1. The minimum absolute atomic E-state index is 0.0845. The van der Waals surface area contributed by atoms with E-state index in [0.29, 0.717) is 20.9 Å². The lowest BCUT2D eigenvalue weighted by Crippen LogP contribution is -2.44. The number of anilines is 2. The Hall–Kier alpha value is -2.36. The van der Waals surface area contributed by atoms with Crippen molar-refractivity contribution in [3.63, 3.8) is 0 Å². The zero-order chi connectivity index (χ0) is 24.1. The van der Waals surface area contributed by atoms with Gasteiger partial charge in [0.2, 0.25) is 11.0 Å². The number of hydrazine groups is 1. The molecule has 178 valence electrons. The second-order valence-electron chi connectivity index (χ2n) is 7.61. The molecule has 34 heavy (non-hydrogen) atoms. The summed E-state index contributed by atoms with van der Waals surface area (Å²) in [5.41, 5.74) is 3.53. The number of hydrogen-bond acceptors (Lipinski definition) is 6. The average Bonchev–Trinajstić information content (AvgIpc) is 3.08. The van der Waals surface area contributed by atoms with Crippen molar-refractivity contribution < 1.29 is 14.3 Å². The summed E-state index contributed by atoms with van der Waals surface area (Å²) in [6, 6.07) is 11.4. The Kier molecular flexibility index (Phi) is 8.28. The molecule has 1 aromatic heterocycles. The highest BCUT2D eigenvalue weighted by molar-refractivity contribution is 7.14. The lowest BCUT2D eigenvalue weighted by atomic mass is 10.2. The summed E-state index contributed by atoms with van der Waals surface area (Å²) in [7, 11) is 0. The van der Waals surface area contributed by atoms with Crippen LogP contribution in [-0.4, -0.2) is 35.1 Å². The molecule has 0 spiro atoms. The first-order valence-corrected chi connectivity index (χ1v) is 12.7. The second-order valence-corrected chi connectivity index (χ2v) is 9.73. The van der Waals surface area contributed by atoms with Gasteiger partial charge < -0.3 is 4.74 Å². The van der Waals surface area contributed by atoms with E-state index in [2.05, 4.69) is 10.4 Å². The molecule has 1 aliphatic heterocycles. The number of carbonyl (C=O) groups is 2. The Bertz CT molecular complexity index is 1160. The molecule has 3 aromatic rings. The number of nitrogens with zero attached hydrogens (tertiary/aromatic N) is 3. The number of carbonyl (C=O) groups excluding carboxylic acids is 2. The molecule has 7 nitrogen and oxygen atoms in total. The fourth-order valence-corrected chi connectivity index (χ4v) is 4.88. The highest BCUT2D eigenvalue weighted by Gasteiger charge is 2.26. The summed E-state index contributed by atoms with van der Waals surface area (Å²) in [5.74, 6) is -0.333. The fraction of sp³-hybridized carbons (Fsp3) is 0.261. The van der Waals surface area contributed by atoms with Gasteiger partial charge in [-0.2, -0.15) is 4.98 Å². The van der Waals surface area contributed by atoms with Crippen LogP contribution in [0.4, 0.5) is 15.6 Å². The van der Waals surface area contributed by atoms with E-state index in [-0.39, 0.29) is 16.5 Å². The third kappa shape index (κ3) is 6.20. The summed E-state index contributed by atoms with van der Waals surface area (Å²) in [6.07, 6.45) is 3.71. The van der Waals surface area contributed by atoms with Crippen LogP contribution in [0.3, 0.4) is 0 Å². The summed E-state index contributed by atoms with van der Waals surface area (Å²) in [5, 5.41) is 4.87. The van der Waals surface area contributed by atoms with Crippen molar-refractivity contribution in [2.45, 2.75) is 25.7 Å². The van der Waals surface area contributed by atoms with Gasteiger partial charge >= 0.3 is 6.09 Å². The van der Waals surface area contributed by atoms with Crippen LogP contribution in [0.5, 0.6) is 5.88 Å². The van der Waals surface area contributed by atoms with Gasteiger partial charge in [0, 0.05) is 23.1 Å². The number of rotatable bonds is 5. The third-order valence-electron chi connectivity index (χ3n) is 5.16. The van der Waals surface area contributed by atoms with Gasteiger partial charge in [0.25, 0.3) is 5.91 Å². The maximum absolute atomic E-state index is 13.5. The van der Waals surface area contributed by atoms with E-state index in [1.807, 2.05) is 5.01 Å². The van der Waals surface area contributed by atoms with Gasteiger partial charge in [0.05, 0.1) is 21.7 Å². The number of halogens is 3. The zero-order valence-electron chi connectivity index (χ0n) is 18.0. The van der Waals surface area contributed by atoms with E-state index < -0.39 is 12.0 Å². The summed E-state index contributed by atoms with van der Waals surface area (Å²) in [4.78, 5) is 31.6. The Labute approximate surface area is 216 Å². The van der Waals surface area contributed by atoms with Crippen LogP contribution >= 0.6 is 46.1 Å². The van der Waals surface area contributed by atoms with Crippen molar-refractivity contribution in [2.24, 2.45) is 0 Å². The van der Waals surface area contributed by atoms with Crippen LogP contribution in [0.15, 0.2) is 47.8 Å². The highest BCUT2D eigenvalue weighted by Crippen LogP contribution is 2.35. The van der Waals surface area contributed by atoms with Crippen molar-refractivity contribution in [1.82, 2.24) is 15.4 Å². The van der Waals surface area contributed by atoms with Crippen molar-refractivity contribution in [2.75, 3.05) is 18.0 Å². The number of nitrogens with one attached hydrogen (secondary N) is 1. The second kappa shape index (κ2) is 11.4. The molecule has 0 atom stereocenters. The molecule has 0 bridgehead atoms. The Morgan fingerprint density at radius 3 is 2.32 bits per heavy atom. The van der Waals surface area contributed by atoms with E-state index in [9.17, 15) is 9.59 Å². The first-order chi connectivity index (χ1) is 16.4. The molecule has 1 N–H and O–H groups in total. The summed E-state index contributed by atoms with van der Waals surface area (Å²) >= 11 is 19.5. The van der Waals surface area contributed by atoms with E-state index in [4.69, 9.17) is 39.5 Å². The monoisotopic (exact) mass is 538 g/mol. The number of amides is 2. The molecular formula is C23H21Cl3N4O3S. The fourth-order valence-electron chi connectivity index (χ4n) is 3.52. The molecule has 1 saturated heterocycles. The topological polar surface area (TPSA) is 74.8 Å². The average molecular weight is 540 g/mol. The molecule has 1 aliphatic rings. The quantitative estimate of drug-likeness (QED) is 0.379. The largest absolute Gasteiger partial charge is 0.428 e. The number of aromatic nitrogens is 1. The number of hydrogen-bond donors (Lipinski definition) is 1. The van der Waals surface area contributed by atoms with Crippen molar-refractivity contribution in [1.29, 1.82) is 0 Å². The molecule has 2 heterocycles. The van der Waals surface area contributed by atoms with E-state index in [1.54, 1.807) is 41.8 Å². The smallest absolute Gasteiger partial charge is 0.389 e. The Morgan fingerprint density at radius 2 is 1.65 bits per heavy atom. The maximum Gasteiger partial charge on any atom is 0.428 e. The summed E-state index contributed by atoms with van der Waals surface area (Å²) < 4.78 is 5.37. The van der Waals surface area contributed by atoms with Gasteiger partial charge in [-0.1, -0.05) is 47.6 Å². The van der Waals surface area contributed by atoms with Crippen molar-refractivity contribution in [3.8, 4) is 5.88 Å². The molecule has 0 saturated carbocycles. The van der Waals surface area contributed by atoms with E-state index in [0.717, 1.165) is 50.1 Å². The standard InChI is InChI=1S/C23H21Cl3N4O3S/c24-15-5-8-17(9-6-15)30(21(31)18-10-7-16(25)13-19(18)26)22-27-20(14-34-22)33-23(32)28-29-11-3-1-2-4-12-29/h5-10,13-14H,1-4,11-12H2,(H,28,32). The predicted molar refractivity (Wildman–Crippen MR) is 136 cm³/mol. The van der Waals surface area contributed by atoms with Crippen LogP contribution in [0.2, 0.25) is 15.1 Å². The Balaban J connectivity index is 1.56. The first-order valence-electron chi connectivity index (χ1n) is 10.6. The lowest BCUT2D eigenvalue weighted by molar-refractivity contribution is 0.0999. The molecule has 11 heteroatoms. The first kappa shape index (κ1) is 24.8. The van der Waals surface area contributed by atoms with Gasteiger partial charge in [-0.05, 0) is 55.3 Å². The van der Waals surface area contributed by atoms with Crippen molar-refractivity contribution >= 4 is 69.0 Å². The number of ether oxygens (including phenoxy) is 1. The third-order valence-corrected chi connectivity index (χ3v) is 6.77. The number of benzene rings is 2. The maximum atomic E-state index is 13.5. The van der Waals surface area contributed by atoms with Crippen LogP contribution in [-0.2, 0) is 0 Å². The minimum Gasteiger partial charge on any atom is -0.389 e. The van der Waals surface area contributed by atoms with Crippen molar-refractivity contribution in [3.05, 3.63) is 68.5 Å². The molecule has 2 aromatic carbocycles. The van der Waals surface area contributed by atoms with Gasteiger partial charge in [-0.15, -0.1) is 11.3 Å². The van der Waals surface area contributed by atoms with Crippen LogP contribution in [0.1, 0.15) is 36.0 Å². The molecule has 1 fully saturated rings. The van der Waals surface area contributed by atoms with Gasteiger partial charge in [0.15, 0.2) is 0 Å². The molecular weight excluding hydrogens is 519 g/mol. The van der Waals surface area contributed by atoms with Gasteiger partial charge in [0.1, 0.15) is 0 Å². The molecule has 4 rings (SSSR count). The number of thiazole rings is 1. The highest BCUT2D eigenvalue weighted by atomic mass is 35.5. The normalized spacial score (nSPS) is 14.3. The van der Waals surface area contributed by atoms with Crippen LogP contribution < -0.4 is 15.1 Å². The lowest BCUT2D eigenvalue weighted by Gasteiger charge is -2.21. The summed E-state index contributed by atoms with van der Waals surface area (Å²) in [6.45, 7) is 1.55. The van der Waals surface area contributed by atoms with Gasteiger partial charge in [-0.3, -0.25) is 15.1 Å². The zero-order valence-corrected chi connectivity index (χ0v) is 21.1. The molecule has 0 aliphatic carbocycles.